The van der Waals surface area contributed by atoms with Gasteiger partial charge in [-0.2, -0.15) is 13.2 Å². The number of anilines is 1. The lowest BCUT2D eigenvalue weighted by Gasteiger charge is -2.22. The van der Waals surface area contributed by atoms with E-state index in [1.54, 1.807) is 0 Å². The van der Waals surface area contributed by atoms with Crippen LogP contribution in [0.25, 0.3) is 0 Å². The number of nitrogens with zero attached hydrogens (tertiary/aromatic N) is 1. The molecule has 0 unspecified atom stereocenters. The van der Waals surface area contributed by atoms with Crippen LogP contribution in [0, 0.1) is 0 Å². The van der Waals surface area contributed by atoms with Crippen molar-refractivity contribution in [1.29, 1.82) is 0 Å². The lowest BCUT2D eigenvalue weighted by Crippen LogP contribution is -2.21. The Labute approximate surface area is 123 Å². The molecule has 1 heterocycles. The quantitative estimate of drug-likeness (QED) is 0.903. The third-order valence-electron chi connectivity index (χ3n) is 3.08. The Morgan fingerprint density at radius 3 is 2.16 bits per heavy atom. The topological polar surface area (TPSA) is 29.3 Å². The van der Waals surface area contributed by atoms with E-state index in [4.69, 9.17) is 5.73 Å². The van der Waals surface area contributed by atoms with Gasteiger partial charge in [0.15, 0.2) is 0 Å². The largest absolute Gasteiger partial charge is 0.416 e. The molecule has 2 N–H and O–H groups in total. The van der Waals surface area contributed by atoms with Gasteiger partial charge in [-0.1, -0.05) is 6.07 Å². The van der Waals surface area contributed by atoms with E-state index >= 15 is 0 Å². The number of benzene rings is 1. The van der Waals surface area contributed by atoms with Crippen molar-refractivity contribution in [2.45, 2.75) is 25.6 Å². The van der Waals surface area contributed by atoms with E-state index in [0.717, 1.165) is 37.6 Å². The Bertz CT molecular complexity index is 404. The van der Waals surface area contributed by atoms with Crippen LogP contribution in [0.2, 0.25) is 0 Å². The summed E-state index contributed by atoms with van der Waals surface area (Å²) in [6, 6.07) is 3.80. The number of hydrogen-bond donors (Lipinski definition) is 1. The van der Waals surface area contributed by atoms with E-state index in [-0.39, 0.29) is 31.4 Å². The SMILES string of the molecule is Cl.Cl.NCc1ccc(C(F)(F)F)cc1N1CCCC1. The van der Waals surface area contributed by atoms with Crippen molar-refractivity contribution in [3.05, 3.63) is 29.3 Å². The van der Waals surface area contributed by atoms with Crippen molar-refractivity contribution >= 4 is 30.5 Å². The molecule has 1 aromatic rings. The van der Waals surface area contributed by atoms with Crippen molar-refractivity contribution in [2.24, 2.45) is 5.73 Å². The molecule has 1 aromatic carbocycles. The van der Waals surface area contributed by atoms with Gasteiger partial charge in [-0.3, -0.25) is 0 Å². The van der Waals surface area contributed by atoms with Crippen LogP contribution < -0.4 is 10.6 Å². The maximum Gasteiger partial charge on any atom is 0.416 e. The summed E-state index contributed by atoms with van der Waals surface area (Å²) in [6.45, 7) is 1.90. The van der Waals surface area contributed by atoms with Gasteiger partial charge in [0.25, 0.3) is 0 Å². The average Bonchev–Trinajstić information content (AvgIpc) is 2.80. The van der Waals surface area contributed by atoms with Crippen LogP contribution >= 0.6 is 24.8 Å². The molecule has 0 saturated carbocycles. The third-order valence-corrected chi connectivity index (χ3v) is 3.08. The molecule has 1 aliphatic rings. The standard InChI is InChI=1S/C12H15F3N2.2ClH/c13-12(14,15)10-4-3-9(8-16)11(7-10)17-5-1-2-6-17;;/h3-4,7H,1-2,5-6,8,16H2;2*1H. The molecule has 0 radical (unpaired) electrons. The maximum atomic E-state index is 12.6. The van der Waals surface area contributed by atoms with Crippen LogP contribution in [0.15, 0.2) is 18.2 Å². The summed E-state index contributed by atoms with van der Waals surface area (Å²) in [5.74, 6) is 0. The van der Waals surface area contributed by atoms with Gasteiger partial charge in [0.1, 0.15) is 0 Å². The second-order valence-electron chi connectivity index (χ2n) is 4.24. The Hall–Kier alpha value is -0.650. The Morgan fingerprint density at radius 1 is 1.11 bits per heavy atom. The van der Waals surface area contributed by atoms with E-state index in [1.165, 1.54) is 12.1 Å². The average molecular weight is 317 g/mol. The third kappa shape index (κ3) is 4.16. The maximum absolute atomic E-state index is 12.6. The normalized spacial score (nSPS) is 14.8. The molecule has 0 aromatic heterocycles. The molecule has 1 aliphatic heterocycles. The van der Waals surface area contributed by atoms with Crippen molar-refractivity contribution in [3.8, 4) is 0 Å². The first-order valence-corrected chi connectivity index (χ1v) is 5.67. The van der Waals surface area contributed by atoms with Gasteiger partial charge in [0.05, 0.1) is 5.56 Å². The van der Waals surface area contributed by atoms with Crippen molar-refractivity contribution in [2.75, 3.05) is 18.0 Å². The Morgan fingerprint density at radius 2 is 1.68 bits per heavy atom. The first-order chi connectivity index (χ1) is 8.02. The molecule has 7 heteroatoms. The predicted octanol–water partition coefficient (Wildman–Crippen LogP) is 3.61. The first-order valence-electron chi connectivity index (χ1n) is 5.67. The molecule has 1 fully saturated rings. The molecule has 0 amide bonds. The smallest absolute Gasteiger partial charge is 0.371 e. The van der Waals surface area contributed by atoms with E-state index in [1.807, 2.05) is 4.90 Å². The highest BCUT2D eigenvalue weighted by molar-refractivity contribution is 5.85. The molecule has 0 spiro atoms. The second-order valence-corrected chi connectivity index (χ2v) is 4.24. The van der Waals surface area contributed by atoms with E-state index in [0.29, 0.717) is 5.69 Å². The van der Waals surface area contributed by atoms with E-state index < -0.39 is 11.7 Å². The number of alkyl halides is 3. The van der Waals surface area contributed by atoms with Gasteiger partial charge in [-0.15, -0.1) is 24.8 Å². The number of halogens is 5. The minimum absolute atomic E-state index is 0. The molecule has 1 saturated heterocycles. The summed E-state index contributed by atoms with van der Waals surface area (Å²) < 4.78 is 37.9. The van der Waals surface area contributed by atoms with Crippen molar-refractivity contribution in [1.82, 2.24) is 0 Å². The lowest BCUT2D eigenvalue weighted by atomic mass is 10.1. The first kappa shape index (κ1) is 18.4. The van der Waals surface area contributed by atoms with Gasteiger partial charge in [-0.25, -0.2) is 0 Å². The minimum atomic E-state index is -4.29. The molecule has 19 heavy (non-hydrogen) atoms. The highest BCUT2D eigenvalue weighted by Crippen LogP contribution is 2.34. The molecular formula is C12H17Cl2F3N2. The highest BCUT2D eigenvalue weighted by atomic mass is 35.5. The summed E-state index contributed by atoms with van der Waals surface area (Å²) in [5, 5.41) is 0. The number of rotatable bonds is 2. The van der Waals surface area contributed by atoms with E-state index in [9.17, 15) is 13.2 Å². The Kier molecular flexibility index (Phi) is 6.97. The Balaban J connectivity index is 0.00000162. The lowest BCUT2D eigenvalue weighted by molar-refractivity contribution is -0.137. The molecule has 2 rings (SSSR count). The van der Waals surface area contributed by atoms with Crippen LogP contribution in [-0.2, 0) is 12.7 Å². The highest BCUT2D eigenvalue weighted by Gasteiger charge is 2.31. The molecule has 110 valence electrons. The zero-order valence-corrected chi connectivity index (χ0v) is 11.9. The fraction of sp³-hybridized carbons (Fsp3) is 0.500. The number of nitrogens with two attached hydrogens (primary N) is 1. The summed E-state index contributed by atoms with van der Waals surface area (Å²) in [4.78, 5) is 1.98. The predicted molar refractivity (Wildman–Crippen MR) is 75.3 cm³/mol. The molecule has 0 aliphatic carbocycles. The monoisotopic (exact) mass is 316 g/mol. The van der Waals surface area contributed by atoms with Crippen LogP contribution in [0.3, 0.4) is 0 Å². The van der Waals surface area contributed by atoms with Crippen LogP contribution in [0.1, 0.15) is 24.0 Å². The minimum Gasteiger partial charge on any atom is -0.371 e. The van der Waals surface area contributed by atoms with Gasteiger partial charge < -0.3 is 10.6 Å². The van der Waals surface area contributed by atoms with Gasteiger partial charge in [0, 0.05) is 25.3 Å². The zero-order valence-electron chi connectivity index (χ0n) is 10.2. The zero-order chi connectivity index (χ0) is 12.5. The fourth-order valence-electron chi connectivity index (χ4n) is 2.17. The molecular weight excluding hydrogens is 300 g/mol. The summed E-state index contributed by atoms with van der Waals surface area (Å²) in [6.07, 6.45) is -2.23. The number of hydrogen-bond acceptors (Lipinski definition) is 2. The molecule has 0 atom stereocenters. The summed E-state index contributed by atoms with van der Waals surface area (Å²) in [7, 11) is 0. The fourth-order valence-corrected chi connectivity index (χ4v) is 2.17. The van der Waals surface area contributed by atoms with Crippen LogP contribution in [0.5, 0.6) is 0 Å². The van der Waals surface area contributed by atoms with Crippen LogP contribution in [-0.4, -0.2) is 13.1 Å². The molecule has 0 bridgehead atoms. The van der Waals surface area contributed by atoms with E-state index in [2.05, 4.69) is 0 Å². The van der Waals surface area contributed by atoms with Gasteiger partial charge in [0.2, 0.25) is 0 Å². The van der Waals surface area contributed by atoms with Crippen molar-refractivity contribution < 1.29 is 13.2 Å². The van der Waals surface area contributed by atoms with Gasteiger partial charge >= 0.3 is 6.18 Å². The second kappa shape index (κ2) is 7.22. The molecule has 2 nitrogen and oxygen atoms in total. The van der Waals surface area contributed by atoms with Crippen LogP contribution in [0.4, 0.5) is 18.9 Å². The summed E-state index contributed by atoms with van der Waals surface area (Å²) in [5.41, 5.74) is 6.39. The van der Waals surface area contributed by atoms with Gasteiger partial charge in [-0.05, 0) is 30.5 Å². The summed E-state index contributed by atoms with van der Waals surface area (Å²) >= 11 is 0. The van der Waals surface area contributed by atoms with Crippen molar-refractivity contribution in [3.63, 3.8) is 0 Å².